The maximum atomic E-state index is 12.9. The highest BCUT2D eigenvalue weighted by molar-refractivity contribution is 7.89. The molecule has 0 amide bonds. The van der Waals surface area contributed by atoms with E-state index in [1.807, 2.05) is 55.2 Å². The molecule has 0 radical (unpaired) electrons. The van der Waals surface area contributed by atoms with E-state index in [0.717, 1.165) is 17.3 Å². The number of anilines is 2. The third kappa shape index (κ3) is 4.89. The van der Waals surface area contributed by atoms with Gasteiger partial charge in [-0.25, -0.2) is 8.42 Å². The second-order valence-corrected chi connectivity index (χ2v) is 9.50. The van der Waals surface area contributed by atoms with Crippen LogP contribution in [0.25, 0.3) is 0 Å². The van der Waals surface area contributed by atoms with E-state index in [1.54, 1.807) is 0 Å². The Balaban J connectivity index is 1.82. The van der Waals surface area contributed by atoms with Crippen LogP contribution in [-0.4, -0.2) is 69.9 Å². The Kier molecular flexibility index (Phi) is 6.59. The fraction of sp³-hybridized carbons (Fsp3) is 0.400. The van der Waals surface area contributed by atoms with Gasteiger partial charge in [0.2, 0.25) is 10.0 Å². The predicted octanol–water partition coefficient (Wildman–Crippen LogP) is 2.21. The number of nitro groups is 1. The van der Waals surface area contributed by atoms with Crippen molar-refractivity contribution in [3.05, 3.63) is 58.1 Å². The summed E-state index contributed by atoms with van der Waals surface area (Å²) in [4.78, 5) is 15.0. The molecule has 1 N–H and O–H groups in total. The molecule has 1 heterocycles. The Morgan fingerprint density at radius 1 is 1.10 bits per heavy atom. The largest absolute Gasteiger partial charge is 0.378 e. The van der Waals surface area contributed by atoms with E-state index in [0.29, 0.717) is 32.7 Å². The molecule has 0 spiro atoms. The van der Waals surface area contributed by atoms with Gasteiger partial charge in [0, 0.05) is 58.6 Å². The maximum Gasteiger partial charge on any atom is 0.293 e. The second kappa shape index (κ2) is 8.99. The van der Waals surface area contributed by atoms with Crippen LogP contribution in [0.15, 0.2) is 47.4 Å². The smallest absolute Gasteiger partial charge is 0.293 e. The first-order chi connectivity index (χ1) is 14.2. The topological polar surface area (TPSA) is 99.0 Å². The van der Waals surface area contributed by atoms with E-state index >= 15 is 0 Å². The molecule has 1 fully saturated rings. The van der Waals surface area contributed by atoms with E-state index in [2.05, 4.69) is 5.32 Å². The summed E-state index contributed by atoms with van der Waals surface area (Å²) in [5.74, 6) is 0. The van der Waals surface area contributed by atoms with Crippen molar-refractivity contribution < 1.29 is 13.3 Å². The van der Waals surface area contributed by atoms with Gasteiger partial charge in [-0.2, -0.15) is 4.31 Å². The molecule has 2 aromatic carbocycles. The molecule has 0 aliphatic carbocycles. The number of nitro benzene ring substituents is 1. The highest BCUT2D eigenvalue weighted by Gasteiger charge is 2.29. The minimum atomic E-state index is -3.77. The Morgan fingerprint density at radius 3 is 2.43 bits per heavy atom. The van der Waals surface area contributed by atoms with Crippen molar-refractivity contribution in [1.29, 1.82) is 0 Å². The zero-order valence-corrected chi connectivity index (χ0v) is 18.2. The summed E-state index contributed by atoms with van der Waals surface area (Å²) in [6.07, 6.45) is 0. The van der Waals surface area contributed by atoms with Crippen LogP contribution in [0.4, 0.5) is 17.1 Å². The average Bonchev–Trinajstić information content (AvgIpc) is 2.72. The number of sulfonamides is 1. The third-order valence-electron chi connectivity index (χ3n) is 5.18. The van der Waals surface area contributed by atoms with Crippen LogP contribution in [0.3, 0.4) is 0 Å². The molecule has 0 atom stereocenters. The minimum Gasteiger partial charge on any atom is -0.378 e. The lowest BCUT2D eigenvalue weighted by molar-refractivity contribution is -0.384. The van der Waals surface area contributed by atoms with Gasteiger partial charge in [0.05, 0.1) is 9.82 Å². The Bertz CT molecular complexity index is 1020. The van der Waals surface area contributed by atoms with Gasteiger partial charge >= 0.3 is 0 Å². The van der Waals surface area contributed by atoms with Crippen LogP contribution < -0.4 is 10.2 Å². The summed E-state index contributed by atoms with van der Waals surface area (Å²) in [6, 6.07) is 11.9. The fourth-order valence-corrected chi connectivity index (χ4v) is 4.73. The van der Waals surface area contributed by atoms with Gasteiger partial charge in [0.15, 0.2) is 0 Å². The van der Waals surface area contributed by atoms with Crippen LogP contribution in [0.2, 0.25) is 0 Å². The van der Waals surface area contributed by atoms with Crippen LogP contribution in [0, 0.1) is 10.1 Å². The summed E-state index contributed by atoms with van der Waals surface area (Å²) < 4.78 is 27.2. The van der Waals surface area contributed by atoms with Crippen molar-refractivity contribution in [3.8, 4) is 0 Å². The molecule has 3 rings (SSSR count). The van der Waals surface area contributed by atoms with E-state index in [1.165, 1.54) is 16.4 Å². The molecule has 0 bridgehead atoms. The van der Waals surface area contributed by atoms with Gasteiger partial charge < -0.3 is 15.1 Å². The SMILES string of the molecule is CN1CCN(S(=O)(=O)c2ccc(NCc3cccc(N(C)C)c3)c([N+](=O)[O-])c2)CC1. The van der Waals surface area contributed by atoms with E-state index in [9.17, 15) is 18.5 Å². The first kappa shape index (κ1) is 22.0. The lowest BCUT2D eigenvalue weighted by Crippen LogP contribution is -2.47. The van der Waals surface area contributed by atoms with Crippen molar-refractivity contribution in [2.45, 2.75) is 11.4 Å². The zero-order valence-electron chi connectivity index (χ0n) is 17.4. The molecule has 0 unspecified atom stereocenters. The standard InChI is InChI=1S/C20H27N5O4S/c1-22(2)17-6-4-5-16(13-17)15-21-19-8-7-18(14-20(19)25(26)27)30(28,29)24-11-9-23(3)10-12-24/h4-8,13-14,21H,9-12,15H2,1-3H3. The van der Waals surface area contributed by atoms with Crippen LogP contribution in [-0.2, 0) is 16.6 Å². The molecular formula is C20H27N5O4S. The van der Waals surface area contributed by atoms with E-state index < -0.39 is 14.9 Å². The number of piperazine rings is 1. The van der Waals surface area contributed by atoms with Gasteiger partial charge in [-0.3, -0.25) is 10.1 Å². The van der Waals surface area contributed by atoms with E-state index in [-0.39, 0.29) is 16.3 Å². The number of nitrogens with zero attached hydrogens (tertiary/aromatic N) is 4. The molecule has 1 aliphatic heterocycles. The summed E-state index contributed by atoms with van der Waals surface area (Å²) in [5, 5.41) is 14.7. The minimum absolute atomic E-state index is 0.0566. The van der Waals surface area contributed by atoms with Gasteiger partial charge in [-0.05, 0) is 36.9 Å². The van der Waals surface area contributed by atoms with Gasteiger partial charge in [-0.15, -0.1) is 0 Å². The molecule has 9 nitrogen and oxygen atoms in total. The molecule has 1 saturated heterocycles. The lowest BCUT2D eigenvalue weighted by atomic mass is 10.2. The second-order valence-electron chi connectivity index (χ2n) is 7.56. The molecule has 0 aromatic heterocycles. The molecular weight excluding hydrogens is 406 g/mol. The van der Waals surface area contributed by atoms with Crippen molar-refractivity contribution in [2.75, 3.05) is 57.5 Å². The highest BCUT2D eigenvalue weighted by Crippen LogP contribution is 2.30. The third-order valence-corrected chi connectivity index (χ3v) is 7.07. The summed E-state index contributed by atoms with van der Waals surface area (Å²) in [6.45, 7) is 2.39. The molecule has 2 aromatic rings. The quantitative estimate of drug-likeness (QED) is 0.528. The average molecular weight is 434 g/mol. The summed E-state index contributed by atoms with van der Waals surface area (Å²) in [5.41, 5.74) is 2.02. The molecule has 1 aliphatic rings. The van der Waals surface area contributed by atoms with Crippen molar-refractivity contribution in [3.63, 3.8) is 0 Å². The van der Waals surface area contributed by atoms with Crippen LogP contribution in [0.1, 0.15) is 5.56 Å². The Labute approximate surface area is 177 Å². The number of hydrogen-bond acceptors (Lipinski definition) is 7. The molecule has 162 valence electrons. The van der Waals surface area contributed by atoms with Gasteiger partial charge in [0.25, 0.3) is 5.69 Å². The number of benzene rings is 2. The van der Waals surface area contributed by atoms with Crippen LogP contribution >= 0.6 is 0 Å². The first-order valence-electron chi connectivity index (χ1n) is 9.66. The highest BCUT2D eigenvalue weighted by atomic mass is 32.2. The van der Waals surface area contributed by atoms with Crippen molar-refractivity contribution in [2.24, 2.45) is 0 Å². The zero-order chi connectivity index (χ0) is 21.9. The van der Waals surface area contributed by atoms with Crippen molar-refractivity contribution in [1.82, 2.24) is 9.21 Å². The van der Waals surface area contributed by atoms with Crippen molar-refractivity contribution >= 4 is 27.1 Å². The number of hydrogen-bond donors (Lipinski definition) is 1. The Morgan fingerprint density at radius 2 is 1.80 bits per heavy atom. The van der Waals surface area contributed by atoms with Gasteiger partial charge in [-0.1, -0.05) is 12.1 Å². The fourth-order valence-electron chi connectivity index (χ4n) is 3.29. The van der Waals surface area contributed by atoms with Crippen LogP contribution in [0.5, 0.6) is 0 Å². The molecule has 0 saturated carbocycles. The summed E-state index contributed by atoms with van der Waals surface area (Å²) in [7, 11) is 2.05. The summed E-state index contributed by atoms with van der Waals surface area (Å²) >= 11 is 0. The number of nitrogens with one attached hydrogen (secondary N) is 1. The Hall–Kier alpha value is -2.69. The maximum absolute atomic E-state index is 12.9. The first-order valence-corrected chi connectivity index (χ1v) is 11.1. The normalized spacial score (nSPS) is 15.7. The number of likely N-dealkylation sites (N-methyl/N-ethyl adjacent to an activating group) is 1. The lowest BCUT2D eigenvalue weighted by Gasteiger charge is -2.31. The van der Waals surface area contributed by atoms with Gasteiger partial charge in [0.1, 0.15) is 5.69 Å². The van der Waals surface area contributed by atoms with E-state index in [4.69, 9.17) is 0 Å². The monoisotopic (exact) mass is 433 g/mol. The number of rotatable bonds is 7. The molecule has 10 heteroatoms. The molecule has 30 heavy (non-hydrogen) atoms. The predicted molar refractivity (Wildman–Crippen MR) is 117 cm³/mol.